The third kappa shape index (κ3) is 3.48. The van der Waals surface area contributed by atoms with Gasteiger partial charge in [-0.25, -0.2) is 0 Å². The second-order valence-corrected chi connectivity index (χ2v) is 5.66. The molecule has 1 aromatic carbocycles. The number of hydrogen-bond donors (Lipinski definition) is 1. The summed E-state index contributed by atoms with van der Waals surface area (Å²) in [5, 5.41) is 4.01. The Kier molecular flexibility index (Phi) is 4.83. The van der Waals surface area contributed by atoms with Gasteiger partial charge in [0.1, 0.15) is 0 Å². The lowest BCUT2D eigenvalue weighted by atomic mass is 9.96. The van der Waals surface area contributed by atoms with Crippen molar-refractivity contribution in [2.24, 2.45) is 11.8 Å². The molecule has 1 fully saturated rings. The molecule has 1 aromatic rings. The highest BCUT2D eigenvalue weighted by molar-refractivity contribution is 6.30. The van der Waals surface area contributed by atoms with Crippen molar-refractivity contribution in [3.63, 3.8) is 0 Å². The summed E-state index contributed by atoms with van der Waals surface area (Å²) in [7, 11) is 0. The zero-order valence-electron chi connectivity index (χ0n) is 11.5. The Morgan fingerprint density at radius 1 is 1.47 bits per heavy atom. The fourth-order valence-electron chi connectivity index (χ4n) is 2.58. The summed E-state index contributed by atoms with van der Waals surface area (Å²) < 4.78 is 0. The molecule has 0 radical (unpaired) electrons. The molecule has 0 aromatic heterocycles. The maximum Gasteiger partial charge on any atom is 0.227 e. The van der Waals surface area contributed by atoms with Gasteiger partial charge in [0.25, 0.3) is 0 Å². The minimum Gasteiger partial charge on any atom is -0.338 e. The Balaban J connectivity index is 2.05. The Bertz CT molecular complexity index is 450. The van der Waals surface area contributed by atoms with Gasteiger partial charge >= 0.3 is 0 Å². The zero-order chi connectivity index (χ0) is 13.8. The number of halogens is 1. The number of rotatable bonds is 4. The van der Waals surface area contributed by atoms with Crippen LogP contribution in [-0.4, -0.2) is 30.4 Å². The molecule has 104 valence electrons. The Hall–Kier alpha value is -1.06. The molecule has 2 unspecified atom stereocenters. The SMILES string of the molecule is CCN(Cc1cccc(Cl)c1)C(=O)C1CNCC1C. The van der Waals surface area contributed by atoms with Crippen molar-refractivity contribution >= 4 is 17.5 Å². The summed E-state index contributed by atoms with van der Waals surface area (Å²) >= 11 is 5.99. The molecule has 1 saturated heterocycles. The molecule has 0 saturated carbocycles. The van der Waals surface area contributed by atoms with Crippen LogP contribution in [0.5, 0.6) is 0 Å². The number of nitrogens with zero attached hydrogens (tertiary/aromatic N) is 1. The zero-order valence-corrected chi connectivity index (χ0v) is 12.3. The number of carbonyl (C=O) groups is 1. The first-order chi connectivity index (χ1) is 9.11. The van der Waals surface area contributed by atoms with Crippen LogP contribution in [-0.2, 0) is 11.3 Å². The van der Waals surface area contributed by atoms with E-state index in [1.807, 2.05) is 36.1 Å². The molecule has 1 N–H and O–H groups in total. The van der Waals surface area contributed by atoms with Gasteiger partial charge in [-0.2, -0.15) is 0 Å². The molecule has 0 spiro atoms. The van der Waals surface area contributed by atoms with Gasteiger partial charge in [0.05, 0.1) is 5.92 Å². The second kappa shape index (κ2) is 6.40. The van der Waals surface area contributed by atoms with E-state index in [-0.39, 0.29) is 11.8 Å². The number of amides is 1. The van der Waals surface area contributed by atoms with E-state index in [4.69, 9.17) is 11.6 Å². The van der Waals surface area contributed by atoms with Crippen molar-refractivity contribution in [2.45, 2.75) is 20.4 Å². The summed E-state index contributed by atoms with van der Waals surface area (Å²) in [5.41, 5.74) is 1.08. The van der Waals surface area contributed by atoms with Crippen molar-refractivity contribution in [2.75, 3.05) is 19.6 Å². The van der Waals surface area contributed by atoms with E-state index < -0.39 is 0 Å². The Morgan fingerprint density at radius 2 is 2.26 bits per heavy atom. The molecule has 1 heterocycles. The monoisotopic (exact) mass is 280 g/mol. The summed E-state index contributed by atoms with van der Waals surface area (Å²) in [4.78, 5) is 14.4. The summed E-state index contributed by atoms with van der Waals surface area (Å²) in [6, 6.07) is 7.72. The van der Waals surface area contributed by atoms with Crippen LogP contribution >= 0.6 is 11.6 Å². The molecule has 19 heavy (non-hydrogen) atoms. The highest BCUT2D eigenvalue weighted by atomic mass is 35.5. The van der Waals surface area contributed by atoms with Gasteiger partial charge in [0.2, 0.25) is 5.91 Å². The largest absolute Gasteiger partial charge is 0.338 e. The van der Waals surface area contributed by atoms with Crippen LogP contribution in [0.4, 0.5) is 0 Å². The lowest BCUT2D eigenvalue weighted by molar-refractivity contribution is -0.136. The number of hydrogen-bond acceptors (Lipinski definition) is 2. The highest BCUT2D eigenvalue weighted by Gasteiger charge is 2.32. The molecule has 4 heteroatoms. The molecular formula is C15H21ClN2O. The number of benzene rings is 1. The first kappa shape index (κ1) is 14.4. The van der Waals surface area contributed by atoms with Gasteiger partial charge in [0, 0.05) is 24.7 Å². The smallest absolute Gasteiger partial charge is 0.227 e. The summed E-state index contributed by atoms with van der Waals surface area (Å²) in [6.45, 7) is 7.26. The Morgan fingerprint density at radius 3 is 2.84 bits per heavy atom. The van der Waals surface area contributed by atoms with Crippen LogP contribution in [0.1, 0.15) is 19.4 Å². The van der Waals surface area contributed by atoms with Gasteiger partial charge in [-0.15, -0.1) is 0 Å². The second-order valence-electron chi connectivity index (χ2n) is 5.22. The van der Waals surface area contributed by atoms with Gasteiger partial charge < -0.3 is 10.2 Å². The topological polar surface area (TPSA) is 32.3 Å². The van der Waals surface area contributed by atoms with Gasteiger partial charge in [0.15, 0.2) is 0 Å². The molecule has 1 aliphatic rings. The lowest BCUT2D eigenvalue weighted by Crippen LogP contribution is -2.38. The summed E-state index contributed by atoms with van der Waals surface area (Å²) in [5.74, 6) is 0.778. The van der Waals surface area contributed by atoms with Crippen LogP contribution in [0.2, 0.25) is 5.02 Å². The molecular weight excluding hydrogens is 260 g/mol. The molecule has 3 nitrogen and oxygen atoms in total. The molecule has 1 aliphatic heterocycles. The van der Waals surface area contributed by atoms with Crippen molar-refractivity contribution in [3.8, 4) is 0 Å². The van der Waals surface area contributed by atoms with Crippen molar-refractivity contribution in [1.82, 2.24) is 10.2 Å². The van der Waals surface area contributed by atoms with Crippen molar-refractivity contribution < 1.29 is 4.79 Å². The van der Waals surface area contributed by atoms with Crippen LogP contribution in [0, 0.1) is 11.8 Å². The van der Waals surface area contributed by atoms with Gasteiger partial charge in [-0.05, 0) is 37.1 Å². The molecule has 2 rings (SSSR count). The quantitative estimate of drug-likeness (QED) is 0.919. The minimum atomic E-state index is 0.110. The van der Waals surface area contributed by atoms with Crippen LogP contribution in [0.15, 0.2) is 24.3 Å². The average Bonchev–Trinajstić information content (AvgIpc) is 2.81. The van der Waals surface area contributed by atoms with Crippen molar-refractivity contribution in [1.29, 1.82) is 0 Å². The fraction of sp³-hybridized carbons (Fsp3) is 0.533. The molecule has 2 atom stereocenters. The van der Waals surface area contributed by atoms with Crippen LogP contribution in [0.3, 0.4) is 0 Å². The van der Waals surface area contributed by atoms with E-state index in [9.17, 15) is 4.79 Å². The third-order valence-electron chi connectivity index (χ3n) is 3.79. The predicted octanol–water partition coefficient (Wildman–Crippen LogP) is 2.54. The van der Waals surface area contributed by atoms with Crippen LogP contribution in [0.25, 0.3) is 0 Å². The average molecular weight is 281 g/mol. The van der Waals surface area contributed by atoms with Gasteiger partial charge in [-0.3, -0.25) is 4.79 Å². The van der Waals surface area contributed by atoms with E-state index in [2.05, 4.69) is 12.2 Å². The van der Waals surface area contributed by atoms with Crippen LogP contribution < -0.4 is 5.32 Å². The van der Waals surface area contributed by atoms with Gasteiger partial charge in [-0.1, -0.05) is 30.7 Å². The van der Waals surface area contributed by atoms with Crippen molar-refractivity contribution in [3.05, 3.63) is 34.9 Å². The van der Waals surface area contributed by atoms with E-state index in [1.54, 1.807) is 0 Å². The third-order valence-corrected chi connectivity index (χ3v) is 4.03. The first-order valence-corrected chi connectivity index (χ1v) is 7.23. The number of nitrogens with one attached hydrogen (secondary N) is 1. The lowest BCUT2D eigenvalue weighted by Gasteiger charge is -2.26. The molecule has 0 bridgehead atoms. The maximum atomic E-state index is 12.5. The maximum absolute atomic E-state index is 12.5. The summed E-state index contributed by atoms with van der Waals surface area (Å²) in [6.07, 6.45) is 0. The van der Waals surface area contributed by atoms with E-state index in [0.717, 1.165) is 30.2 Å². The van der Waals surface area contributed by atoms with E-state index in [1.165, 1.54) is 0 Å². The predicted molar refractivity (Wildman–Crippen MR) is 78.1 cm³/mol. The normalized spacial score (nSPS) is 22.5. The Labute approximate surface area is 119 Å². The minimum absolute atomic E-state index is 0.110. The van der Waals surface area contributed by atoms with E-state index in [0.29, 0.717) is 12.5 Å². The number of carbonyl (C=O) groups excluding carboxylic acids is 1. The first-order valence-electron chi connectivity index (χ1n) is 6.85. The van der Waals surface area contributed by atoms with E-state index >= 15 is 0 Å². The fourth-order valence-corrected chi connectivity index (χ4v) is 2.79. The standard InChI is InChI=1S/C15H21ClN2O/c1-3-18(10-12-5-4-6-13(16)7-12)15(19)14-9-17-8-11(14)2/h4-7,11,14,17H,3,8-10H2,1-2H3. The molecule has 0 aliphatic carbocycles. The molecule has 1 amide bonds. The highest BCUT2D eigenvalue weighted by Crippen LogP contribution is 2.20.